The van der Waals surface area contributed by atoms with Crippen LogP contribution in [0.3, 0.4) is 0 Å². The average Bonchev–Trinajstić information content (AvgIpc) is 2.69. The summed E-state index contributed by atoms with van der Waals surface area (Å²) in [5.74, 6) is 0. The zero-order chi connectivity index (χ0) is 12.4. The molecule has 1 N–H and O–H groups in total. The van der Waals surface area contributed by atoms with Crippen LogP contribution in [0.1, 0.15) is 17.3 Å². The Hall–Kier alpha value is -0.840. The van der Waals surface area contributed by atoms with Crippen molar-refractivity contribution in [2.45, 2.75) is 6.04 Å². The largest absolute Gasteiger partial charge is 0.308 e. The molecule has 0 amide bonds. The van der Waals surface area contributed by atoms with Crippen molar-refractivity contribution in [2.75, 3.05) is 7.05 Å². The van der Waals surface area contributed by atoms with Gasteiger partial charge in [-0.05, 0) is 30.8 Å². The fourth-order valence-electron chi connectivity index (χ4n) is 1.79. The highest BCUT2D eigenvalue weighted by Crippen LogP contribution is 2.29. The van der Waals surface area contributed by atoms with Gasteiger partial charge in [-0.1, -0.05) is 33.6 Å². The van der Waals surface area contributed by atoms with Crippen LogP contribution in [0.2, 0.25) is 5.02 Å². The molecule has 2 aromatic rings. The summed E-state index contributed by atoms with van der Waals surface area (Å²) in [6, 6.07) is 7.87. The Morgan fingerprint density at radius 3 is 2.71 bits per heavy atom. The standard InChI is InChI=1S/C12H13BrClN3/c1-15-12(11-5-6-17(2)16-11)9-4-3-8(13)7-10(9)14/h3-7,12,15H,1-2H3. The van der Waals surface area contributed by atoms with E-state index in [1.165, 1.54) is 0 Å². The third-order valence-corrected chi connectivity index (χ3v) is 3.41. The normalized spacial score (nSPS) is 12.7. The molecule has 1 atom stereocenters. The molecular weight excluding hydrogens is 302 g/mol. The smallest absolute Gasteiger partial charge is 0.0839 e. The van der Waals surface area contributed by atoms with E-state index in [1.54, 1.807) is 4.68 Å². The monoisotopic (exact) mass is 313 g/mol. The van der Waals surface area contributed by atoms with Crippen LogP contribution in [0.4, 0.5) is 0 Å². The zero-order valence-corrected chi connectivity index (χ0v) is 12.0. The molecule has 2 rings (SSSR count). The highest BCUT2D eigenvalue weighted by Gasteiger charge is 2.17. The number of halogens is 2. The number of aromatic nitrogens is 2. The maximum Gasteiger partial charge on any atom is 0.0839 e. The highest BCUT2D eigenvalue weighted by molar-refractivity contribution is 9.10. The van der Waals surface area contributed by atoms with Crippen LogP contribution in [0.15, 0.2) is 34.9 Å². The van der Waals surface area contributed by atoms with Crippen molar-refractivity contribution < 1.29 is 0 Å². The van der Waals surface area contributed by atoms with Crippen molar-refractivity contribution in [1.82, 2.24) is 15.1 Å². The van der Waals surface area contributed by atoms with Crippen LogP contribution in [0, 0.1) is 0 Å². The second-order valence-corrected chi connectivity index (χ2v) is 5.12. The van der Waals surface area contributed by atoms with Gasteiger partial charge in [0.25, 0.3) is 0 Å². The molecule has 1 heterocycles. The third-order valence-electron chi connectivity index (χ3n) is 2.59. The van der Waals surface area contributed by atoms with Crippen molar-refractivity contribution in [1.29, 1.82) is 0 Å². The summed E-state index contributed by atoms with van der Waals surface area (Å²) in [5.41, 5.74) is 1.98. The molecule has 3 nitrogen and oxygen atoms in total. The Labute approximate surface area is 114 Å². The summed E-state index contributed by atoms with van der Waals surface area (Å²) in [7, 11) is 3.80. The molecule has 0 bridgehead atoms. The molecule has 0 saturated heterocycles. The Kier molecular flexibility index (Phi) is 3.86. The number of aryl methyl sites for hydroxylation is 1. The Morgan fingerprint density at radius 2 is 2.18 bits per heavy atom. The first-order chi connectivity index (χ1) is 8.11. The summed E-state index contributed by atoms with van der Waals surface area (Å²) >= 11 is 9.66. The van der Waals surface area contributed by atoms with Crippen LogP contribution < -0.4 is 5.32 Å². The molecular formula is C12H13BrClN3. The van der Waals surface area contributed by atoms with Crippen molar-refractivity contribution in [2.24, 2.45) is 7.05 Å². The van der Waals surface area contributed by atoms with E-state index >= 15 is 0 Å². The number of benzene rings is 1. The average molecular weight is 315 g/mol. The molecule has 1 aromatic heterocycles. The molecule has 0 aliphatic rings. The van der Waals surface area contributed by atoms with E-state index in [4.69, 9.17) is 11.6 Å². The lowest BCUT2D eigenvalue weighted by molar-refractivity contribution is 0.642. The number of rotatable bonds is 3. The summed E-state index contributed by atoms with van der Waals surface area (Å²) < 4.78 is 2.76. The minimum absolute atomic E-state index is 0.0109. The number of hydrogen-bond donors (Lipinski definition) is 1. The first kappa shape index (κ1) is 12.6. The Balaban J connectivity index is 2.42. The lowest BCUT2D eigenvalue weighted by atomic mass is 10.0. The molecule has 17 heavy (non-hydrogen) atoms. The van der Waals surface area contributed by atoms with Gasteiger partial charge in [-0.2, -0.15) is 5.10 Å². The summed E-state index contributed by atoms with van der Waals surface area (Å²) in [4.78, 5) is 0. The van der Waals surface area contributed by atoms with Crippen molar-refractivity contribution in [3.05, 3.63) is 51.2 Å². The first-order valence-corrected chi connectivity index (χ1v) is 6.40. The topological polar surface area (TPSA) is 29.9 Å². The van der Waals surface area contributed by atoms with Crippen molar-refractivity contribution in [3.63, 3.8) is 0 Å². The van der Waals surface area contributed by atoms with Gasteiger partial charge in [0.2, 0.25) is 0 Å². The van der Waals surface area contributed by atoms with Crippen LogP contribution in [0.25, 0.3) is 0 Å². The summed E-state index contributed by atoms with van der Waals surface area (Å²) in [6.07, 6.45) is 1.92. The number of nitrogens with zero attached hydrogens (tertiary/aromatic N) is 2. The van der Waals surface area contributed by atoms with Crippen LogP contribution in [-0.2, 0) is 7.05 Å². The second-order valence-electron chi connectivity index (χ2n) is 3.80. The number of nitrogens with one attached hydrogen (secondary N) is 1. The molecule has 0 aliphatic heterocycles. The quantitative estimate of drug-likeness (QED) is 0.943. The molecule has 0 radical (unpaired) electrons. The molecule has 0 saturated carbocycles. The minimum Gasteiger partial charge on any atom is -0.308 e. The predicted molar refractivity (Wildman–Crippen MR) is 73.3 cm³/mol. The third kappa shape index (κ3) is 2.70. The van der Waals surface area contributed by atoms with Gasteiger partial charge < -0.3 is 5.32 Å². The second kappa shape index (κ2) is 5.21. The van der Waals surface area contributed by atoms with Crippen LogP contribution in [0.5, 0.6) is 0 Å². The fourth-order valence-corrected chi connectivity index (χ4v) is 2.57. The molecule has 90 valence electrons. The molecule has 1 aromatic carbocycles. The van der Waals surface area contributed by atoms with Gasteiger partial charge in [0.05, 0.1) is 11.7 Å². The van der Waals surface area contributed by atoms with E-state index in [2.05, 4.69) is 26.3 Å². The van der Waals surface area contributed by atoms with Gasteiger partial charge in [0, 0.05) is 22.7 Å². The molecule has 0 spiro atoms. The Bertz CT molecular complexity index is 524. The van der Waals surface area contributed by atoms with E-state index in [9.17, 15) is 0 Å². The van der Waals surface area contributed by atoms with Gasteiger partial charge in [-0.15, -0.1) is 0 Å². The van der Waals surface area contributed by atoms with Gasteiger partial charge in [0.15, 0.2) is 0 Å². The van der Waals surface area contributed by atoms with E-state index in [0.717, 1.165) is 20.8 Å². The zero-order valence-electron chi connectivity index (χ0n) is 9.61. The van der Waals surface area contributed by atoms with Crippen molar-refractivity contribution >= 4 is 27.5 Å². The summed E-state index contributed by atoms with van der Waals surface area (Å²) in [5, 5.41) is 8.36. The Morgan fingerprint density at radius 1 is 1.41 bits per heavy atom. The first-order valence-electron chi connectivity index (χ1n) is 5.23. The van der Waals surface area contributed by atoms with Crippen LogP contribution in [-0.4, -0.2) is 16.8 Å². The maximum atomic E-state index is 6.26. The van der Waals surface area contributed by atoms with Gasteiger partial charge in [-0.25, -0.2) is 0 Å². The fraction of sp³-hybridized carbons (Fsp3) is 0.250. The maximum absolute atomic E-state index is 6.26. The molecule has 0 aliphatic carbocycles. The van der Waals surface area contributed by atoms with E-state index < -0.39 is 0 Å². The highest BCUT2D eigenvalue weighted by atomic mass is 79.9. The SMILES string of the molecule is CNC(c1ccn(C)n1)c1ccc(Br)cc1Cl. The lowest BCUT2D eigenvalue weighted by Gasteiger charge is -2.16. The summed E-state index contributed by atoms with van der Waals surface area (Å²) in [6.45, 7) is 0. The van der Waals surface area contributed by atoms with Crippen LogP contribution >= 0.6 is 27.5 Å². The minimum atomic E-state index is 0.0109. The van der Waals surface area contributed by atoms with Crippen molar-refractivity contribution in [3.8, 4) is 0 Å². The number of hydrogen-bond acceptors (Lipinski definition) is 2. The van der Waals surface area contributed by atoms with Gasteiger partial charge in [0.1, 0.15) is 0 Å². The van der Waals surface area contributed by atoms with Gasteiger partial charge >= 0.3 is 0 Å². The van der Waals surface area contributed by atoms with Gasteiger partial charge in [-0.3, -0.25) is 4.68 Å². The van der Waals surface area contributed by atoms with E-state index in [-0.39, 0.29) is 6.04 Å². The molecule has 5 heteroatoms. The van der Waals surface area contributed by atoms with E-state index in [0.29, 0.717) is 0 Å². The molecule has 0 fully saturated rings. The van der Waals surface area contributed by atoms with E-state index in [1.807, 2.05) is 44.6 Å². The lowest BCUT2D eigenvalue weighted by Crippen LogP contribution is -2.18. The molecule has 1 unspecified atom stereocenters. The predicted octanol–water partition coefficient (Wildman–Crippen LogP) is 3.14.